The van der Waals surface area contributed by atoms with E-state index in [4.69, 9.17) is 0 Å². The number of rotatable bonds is 4. The molecule has 2 heterocycles. The van der Waals surface area contributed by atoms with Crippen LogP contribution in [0.25, 0.3) is 0 Å². The van der Waals surface area contributed by atoms with Gasteiger partial charge in [-0.25, -0.2) is 4.98 Å². The number of benzene rings is 1. The fourth-order valence-corrected chi connectivity index (χ4v) is 3.30. The molecule has 0 saturated carbocycles. The molecule has 3 rings (SSSR count). The van der Waals surface area contributed by atoms with Crippen molar-refractivity contribution in [2.24, 2.45) is 0 Å². The zero-order chi connectivity index (χ0) is 16.3. The minimum absolute atomic E-state index is 0.564. The van der Waals surface area contributed by atoms with Crippen LogP contribution < -0.4 is 0 Å². The molecule has 3 nitrogen and oxygen atoms in total. The summed E-state index contributed by atoms with van der Waals surface area (Å²) in [4.78, 5) is 8.82. The second-order valence-corrected chi connectivity index (χ2v) is 6.45. The Morgan fingerprint density at radius 2 is 1.74 bits per heavy atom. The number of alkyl halides is 3. The maximum absolute atomic E-state index is 12.8. The van der Waals surface area contributed by atoms with Gasteiger partial charge in [-0.2, -0.15) is 13.2 Å². The lowest BCUT2D eigenvalue weighted by Gasteiger charge is -2.34. The lowest BCUT2D eigenvalue weighted by molar-refractivity contribution is -0.137. The summed E-state index contributed by atoms with van der Waals surface area (Å²) in [6.45, 7) is 4.96. The lowest BCUT2D eigenvalue weighted by atomic mass is 10.1. The van der Waals surface area contributed by atoms with Gasteiger partial charge in [-0.15, -0.1) is 11.3 Å². The molecule has 0 atom stereocenters. The Balaban J connectivity index is 1.52. The minimum atomic E-state index is -4.28. The summed E-state index contributed by atoms with van der Waals surface area (Å²) >= 11 is 1.59. The zero-order valence-electron chi connectivity index (χ0n) is 12.6. The summed E-state index contributed by atoms with van der Waals surface area (Å²) in [6, 6.07) is 5.62. The van der Waals surface area contributed by atoms with E-state index < -0.39 is 11.7 Å². The average molecular weight is 341 g/mol. The van der Waals surface area contributed by atoms with Crippen LogP contribution in [0.3, 0.4) is 0 Å². The maximum atomic E-state index is 12.8. The molecule has 0 bridgehead atoms. The van der Waals surface area contributed by atoms with Crippen molar-refractivity contribution in [3.05, 3.63) is 52.0 Å². The Labute approximate surface area is 137 Å². The highest BCUT2D eigenvalue weighted by Gasteiger charge is 2.30. The van der Waals surface area contributed by atoms with Crippen LogP contribution in [0.4, 0.5) is 13.2 Å². The molecule has 7 heteroatoms. The third-order valence-electron chi connectivity index (χ3n) is 3.99. The van der Waals surface area contributed by atoms with Gasteiger partial charge in [0, 0.05) is 44.6 Å². The summed E-state index contributed by atoms with van der Waals surface area (Å²) in [5, 5.41) is 2.05. The molecule has 124 valence electrons. The van der Waals surface area contributed by atoms with E-state index in [9.17, 15) is 13.2 Å². The Morgan fingerprint density at radius 3 is 2.35 bits per heavy atom. The Morgan fingerprint density at radius 1 is 1.04 bits per heavy atom. The lowest BCUT2D eigenvalue weighted by Crippen LogP contribution is -2.45. The largest absolute Gasteiger partial charge is 0.416 e. The number of hydrogen-bond acceptors (Lipinski definition) is 4. The number of hydrogen-bond donors (Lipinski definition) is 0. The number of nitrogens with zero attached hydrogens (tertiary/aromatic N) is 3. The van der Waals surface area contributed by atoms with E-state index >= 15 is 0 Å². The highest BCUT2D eigenvalue weighted by atomic mass is 32.1. The molecule has 1 aromatic heterocycles. The topological polar surface area (TPSA) is 19.4 Å². The van der Waals surface area contributed by atoms with Crippen LogP contribution in [0.1, 0.15) is 16.8 Å². The van der Waals surface area contributed by atoms with Gasteiger partial charge < -0.3 is 0 Å². The predicted octanol–water partition coefficient (Wildman–Crippen LogP) is 3.48. The third-order valence-corrected chi connectivity index (χ3v) is 4.63. The normalized spacial score (nSPS) is 17.5. The van der Waals surface area contributed by atoms with Gasteiger partial charge in [0.1, 0.15) is 0 Å². The van der Waals surface area contributed by atoms with Crippen molar-refractivity contribution in [2.75, 3.05) is 26.2 Å². The highest BCUT2D eigenvalue weighted by Crippen LogP contribution is 2.29. The number of aromatic nitrogens is 1. The van der Waals surface area contributed by atoms with Gasteiger partial charge in [-0.3, -0.25) is 9.80 Å². The van der Waals surface area contributed by atoms with E-state index in [0.29, 0.717) is 12.1 Å². The van der Waals surface area contributed by atoms with Crippen molar-refractivity contribution in [3.8, 4) is 0 Å². The molecule has 0 unspecified atom stereocenters. The van der Waals surface area contributed by atoms with Crippen molar-refractivity contribution in [1.29, 1.82) is 0 Å². The first-order chi connectivity index (χ1) is 11.0. The summed E-state index contributed by atoms with van der Waals surface area (Å²) in [5.41, 5.74) is 3.06. The molecular weight excluding hydrogens is 323 g/mol. The van der Waals surface area contributed by atoms with Crippen molar-refractivity contribution < 1.29 is 13.2 Å². The van der Waals surface area contributed by atoms with Crippen LogP contribution >= 0.6 is 11.3 Å². The van der Waals surface area contributed by atoms with E-state index in [-0.39, 0.29) is 0 Å². The second kappa shape index (κ2) is 6.98. The van der Waals surface area contributed by atoms with Crippen LogP contribution in [0.2, 0.25) is 0 Å². The van der Waals surface area contributed by atoms with E-state index in [1.54, 1.807) is 17.4 Å². The van der Waals surface area contributed by atoms with Gasteiger partial charge in [0.05, 0.1) is 16.8 Å². The first-order valence-electron chi connectivity index (χ1n) is 7.48. The first kappa shape index (κ1) is 16.4. The second-order valence-electron chi connectivity index (χ2n) is 5.73. The van der Waals surface area contributed by atoms with Crippen molar-refractivity contribution in [1.82, 2.24) is 14.8 Å². The fourth-order valence-electron chi connectivity index (χ4n) is 2.75. The van der Waals surface area contributed by atoms with E-state index in [1.165, 1.54) is 12.1 Å². The molecule has 1 aliphatic rings. The van der Waals surface area contributed by atoms with Gasteiger partial charge in [-0.1, -0.05) is 18.2 Å². The smallest absolute Gasteiger partial charge is 0.297 e. The van der Waals surface area contributed by atoms with Crippen LogP contribution in [-0.4, -0.2) is 41.0 Å². The number of thiazole rings is 1. The van der Waals surface area contributed by atoms with E-state index in [2.05, 4.69) is 20.2 Å². The Kier molecular flexibility index (Phi) is 4.99. The fraction of sp³-hybridized carbons (Fsp3) is 0.438. The molecule has 0 amide bonds. The standard InChI is InChI=1S/C16H18F3N3S/c17-16(18,19)14-3-1-2-13(8-14)9-21-4-6-22(7-5-21)10-15-11-23-12-20-15/h1-3,8,11-12H,4-7,9-10H2. The summed E-state index contributed by atoms with van der Waals surface area (Å²) in [5.74, 6) is 0. The van der Waals surface area contributed by atoms with Gasteiger partial charge >= 0.3 is 6.18 Å². The van der Waals surface area contributed by atoms with Gasteiger partial charge in [0.25, 0.3) is 0 Å². The summed E-state index contributed by atoms with van der Waals surface area (Å²) < 4.78 is 38.3. The maximum Gasteiger partial charge on any atom is 0.416 e. The number of piperazine rings is 1. The van der Waals surface area contributed by atoms with Crippen molar-refractivity contribution in [3.63, 3.8) is 0 Å². The van der Waals surface area contributed by atoms with Gasteiger partial charge in [0.2, 0.25) is 0 Å². The molecule has 0 aliphatic carbocycles. The molecule has 2 aromatic rings. The summed E-state index contributed by atoms with van der Waals surface area (Å²) in [6.07, 6.45) is -4.28. The minimum Gasteiger partial charge on any atom is -0.297 e. The van der Waals surface area contributed by atoms with Crippen LogP contribution in [0.5, 0.6) is 0 Å². The predicted molar refractivity (Wildman–Crippen MR) is 84.1 cm³/mol. The summed E-state index contributed by atoms with van der Waals surface area (Å²) in [7, 11) is 0. The average Bonchev–Trinajstić information content (AvgIpc) is 3.02. The molecule has 23 heavy (non-hydrogen) atoms. The molecule has 1 fully saturated rings. The highest BCUT2D eigenvalue weighted by molar-refractivity contribution is 7.07. The molecule has 0 N–H and O–H groups in total. The third kappa shape index (κ3) is 4.53. The molecule has 0 spiro atoms. The molecule has 1 saturated heterocycles. The zero-order valence-corrected chi connectivity index (χ0v) is 13.4. The van der Waals surface area contributed by atoms with Crippen LogP contribution in [0.15, 0.2) is 35.2 Å². The van der Waals surface area contributed by atoms with E-state index in [0.717, 1.165) is 44.5 Å². The molecule has 0 radical (unpaired) electrons. The van der Waals surface area contributed by atoms with Gasteiger partial charge in [0.15, 0.2) is 0 Å². The van der Waals surface area contributed by atoms with Crippen LogP contribution in [-0.2, 0) is 19.3 Å². The van der Waals surface area contributed by atoms with E-state index in [1.807, 2.05) is 5.51 Å². The quantitative estimate of drug-likeness (QED) is 0.849. The van der Waals surface area contributed by atoms with Gasteiger partial charge in [-0.05, 0) is 11.6 Å². The SMILES string of the molecule is FC(F)(F)c1cccc(CN2CCN(Cc3cscn3)CC2)c1. The molecule has 1 aromatic carbocycles. The molecular formula is C16H18F3N3S. The molecule has 1 aliphatic heterocycles. The first-order valence-corrected chi connectivity index (χ1v) is 8.43. The Bertz CT molecular complexity index is 620. The monoisotopic (exact) mass is 341 g/mol. The van der Waals surface area contributed by atoms with Crippen LogP contribution in [0, 0.1) is 0 Å². The number of halogens is 3. The van der Waals surface area contributed by atoms with Crippen molar-refractivity contribution in [2.45, 2.75) is 19.3 Å². The Hall–Kier alpha value is -1.44. The van der Waals surface area contributed by atoms with Crippen molar-refractivity contribution >= 4 is 11.3 Å².